The van der Waals surface area contributed by atoms with Crippen LogP contribution in [0.3, 0.4) is 0 Å². The Morgan fingerprint density at radius 3 is 2.67 bits per heavy atom. The highest BCUT2D eigenvalue weighted by Crippen LogP contribution is 2.19. The summed E-state index contributed by atoms with van der Waals surface area (Å²) in [6.07, 6.45) is 0.890. The van der Waals surface area contributed by atoms with E-state index < -0.39 is 0 Å². The monoisotopic (exact) mass is 341 g/mol. The van der Waals surface area contributed by atoms with Crippen LogP contribution < -0.4 is 9.47 Å². The Balaban J connectivity index is 1.67. The molecule has 0 saturated heterocycles. The predicted octanol–water partition coefficient (Wildman–Crippen LogP) is 3.77. The summed E-state index contributed by atoms with van der Waals surface area (Å²) in [6.45, 7) is 1.10. The summed E-state index contributed by atoms with van der Waals surface area (Å²) in [5.41, 5.74) is 1.26. The third-order valence-electron chi connectivity index (χ3n) is 3.71. The van der Waals surface area contributed by atoms with Crippen molar-refractivity contribution in [3.63, 3.8) is 0 Å². The van der Waals surface area contributed by atoms with E-state index in [4.69, 9.17) is 21.7 Å². The number of nitrogens with zero attached hydrogens (tertiary/aromatic N) is 2. The molecule has 0 amide bonds. The molecule has 1 aromatic heterocycles. The summed E-state index contributed by atoms with van der Waals surface area (Å²) in [4.78, 5) is 0. The van der Waals surface area contributed by atoms with Crippen molar-refractivity contribution < 1.29 is 9.47 Å². The van der Waals surface area contributed by atoms with E-state index in [2.05, 4.69) is 22.3 Å². The van der Waals surface area contributed by atoms with Crippen LogP contribution in [0.15, 0.2) is 54.6 Å². The lowest BCUT2D eigenvalue weighted by atomic mass is 10.1. The van der Waals surface area contributed by atoms with Gasteiger partial charge in [-0.1, -0.05) is 36.4 Å². The summed E-state index contributed by atoms with van der Waals surface area (Å²) in [5.74, 6) is 2.27. The normalized spacial score (nSPS) is 10.5. The SMILES string of the molecule is COc1cccc(OCc2n[nH]c(=S)n2CCc2ccccc2)c1. The lowest BCUT2D eigenvalue weighted by Gasteiger charge is -2.09. The molecule has 0 spiro atoms. The van der Waals surface area contributed by atoms with Gasteiger partial charge < -0.3 is 14.0 Å². The molecule has 1 N–H and O–H groups in total. The molecule has 6 heteroatoms. The molecule has 1 heterocycles. The molecule has 0 aliphatic rings. The Morgan fingerprint density at radius 1 is 1.08 bits per heavy atom. The number of methoxy groups -OCH3 is 1. The van der Waals surface area contributed by atoms with Gasteiger partial charge in [0, 0.05) is 12.6 Å². The highest BCUT2D eigenvalue weighted by atomic mass is 32.1. The van der Waals surface area contributed by atoms with Crippen LogP contribution in [-0.2, 0) is 19.6 Å². The molecule has 2 aromatic carbocycles. The van der Waals surface area contributed by atoms with E-state index >= 15 is 0 Å². The average Bonchev–Trinajstić information content (AvgIpc) is 2.99. The van der Waals surface area contributed by atoms with Crippen LogP contribution in [0.1, 0.15) is 11.4 Å². The molecular formula is C18H19N3O2S. The molecule has 3 aromatic rings. The minimum Gasteiger partial charge on any atom is -0.497 e. The van der Waals surface area contributed by atoms with E-state index in [0.29, 0.717) is 11.4 Å². The van der Waals surface area contributed by atoms with E-state index in [1.165, 1.54) is 5.56 Å². The predicted molar refractivity (Wildman–Crippen MR) is 94.9 cm³/mol. The van der Waals surface area contributed by atoms with Crippen molar-refractivity contribution in [2.45, 2.75) is 19.6 Å². The van der Waals surface area contributed by atoms with Crippen LogP contribution in [0.2, 0.25) is 0 Å². The molecule has 0 saturated carbocycles. The molecule has 0 bridgehead atoms. The van der Waals surface area contributed by atoms with E-state index in [9.17, 15) is 0 Å². The lowest BCUT2D eigenvalue weighted by molar-refractivity contribution is 0.286. The van der Waals surface area contributed by atoms with Gasteiger partial charge in [0.2, 0.25) is 0 Å². The molecule has 0 atom stereocenters. The van der Waals surface area contributed by atoms with Crippen LogP contribution in [0.4, 0.5) is 0 Å². The molecule has 5 nitrogen and oxygen atoms in total. The van der Waals surface area contributed by atoms with Gasteiger partial charge in [0.25, 0.3) is 0 Å². The fourth-order valence-corrected chi connectivity index (χ4v) is 2.66. The maximum Gasteiger partial charge on any atom is 0.195 e. The van der Waals surface area contributed by atoms with Crippen LogP contribution >= 0.6 is 12.2 Å². The number of H-pyrrole nitrogens is 1. The molecule has 3 rings (SSSR count). The van der Waals surface area contributed by atoms with Crippen molar-refractivity contribution in [3.05, 3.63) is 70.8 Å². The van der Waals surface area contributed by atoms with E-state index in [-0.39, 0.29) is 0 Å². The average molecular weight is 341 g/mol. The Kier molecular flexibility index (Phi) is 5.28. The second-order valence-electron chi connectivity index (χ2n) is 5.30. The van der Waals surface area contributed by atoms with Gasteiger partial charge in [-0.3, -0.25) is 5.10 Å². The second kappa shape index (κ2) is 7.79. The van der Waals surface area contributed by atoms with Crippen molar-refractivity contribution in [3.8, 4) is 11.5 Å². The minimum atomic E-state index is 0.342. The first-order valence-corrected chi connectivity index (χ1v) is 8.12. The first kappa shape index (κ1) is 16.3. The van der Waals surface area contributed by atoms with Gasteiger partial charge >= 0.3 is 0 Å². The van der Waals surface area contributed by atoms with Crippen molar-refractivity contribution in [2.24, 2.45) is 0 Å². The van der Waals surface area contributed by atoms with E-state index in [1.54, 1.807) is 7.11 Å². The zero-order valence-electron chi connectivity index (χ0n) is 13.4. The Bertz CT molecular complexity index is 843. The topological polar surface area (TPSA) is 52.1 Å². The maximum atomic E-state index is 5.81. The zero-order valence-corrected chi connectivity index (χ0v) is 14.3. The number of nitrogens with one attached hydrogen (secondary N) is 1. The lowest BCUT2D eigenvalue weighted by Crippen LogP contribution is -2.09. The van der Waals surface area contributed by atoms with Crippen LogP contribution in [0, 0.1) is 4.77 Å². The van der Waals surface area contributed by atoms with Crippen LogP contribution in [0.25, 0.3) is 0 Å². The van der Waals surface area contributed by atoms with Gasteiger partial charge in [0.15, 0.2) is 10.6 Å². The zero-order chi connectivity index (χ0) is 16.8. The number of aryl methyl sites for hydroxylation is 1. The third kappa shape index (κ3) is 4.02. The second-order valence-corrected chi connectivity index (χ2v) is 5.69. The molecular weight excluding hydrogens is 322 g/mol. The highest BCUT2D eigenvalue weighted by molar-refractivity contribution is 7.71. The third-order valence-corrected chi connectivity index (χ3v) is 4.03. The van der Waals surface area contributed by atoms with Crippen molar-refractivity contribution >= 4 is 12.2 Å². The Labute approximate surface area is 145 Å². The minimum absolute atomic E-state index is 0.342. The quantitative estimate of drug-likeness (QED) is 0.665. The fourth-order valence-electron chi connectivity index (χ4n) is 2.42. The maximum absolute atomic E-state index is 5.81. The number of benzene rings is 2. The van der Waals surface area contributed by atoms with Gasteiger partial charge in [-0.05, 0) is 36.3 Å². The number of aromatic nitrogens is 3. The molecule has 0 unspecified atom stereocenters. The van der Waals surface area contributed by atoms with Gasteiger partial charge in [-0.15, -0.1) is 0 Å². The van der Waals surface area contributed by atoms with Gasteiger partial charge in [-0.25, -0.2) is 0 Å². The Morgan fingerprint density at radius 2 is 1.88 bits per heavy atom. The van der Waals surface area contributed by atoms with Crippen molar-refractivity contribution in [1.82, 2.24) is 14.8 Å². The number of ether oxygens (including phenoxy) is 2. The van der Waals surface area contributed by atoms with Crippen LogP contribution in [-0.4, -0.2) is 21.9 Å². The Hall–Kier alpha value is -2.60. The molecule has 0 aliphatic heterocycles. The molecule has 0 fully saturated rings. The van der Waals surface area contributed by atoms with E-state index in [0.717, 1.165) is 30.3 Å². The van der Waals surface area contributed by atoms with Gasteiger partial charge in [0.05, 0.1) is 7.11 Å². The molecule has 124 valence electrons. The number of aromatic amines is 1. The summed E-state index contributed by atoms with van der Waals surface area (Å²) in [5, 5.41) is 7.12. The van der Waals surface area contributed by atoms with Gasteiger partial charge in [0.1, 0.15) is 18.1 Å². The highest BCUT2D eigenvalue weighted by Gasteiger charge is 2.08. The van der Waals surface area contributed by atoms with Gasteiger partial charge in [-0.2, -0.15) is 5.10 Å². The smallest absolute Gasteiger partial charge is 0.195 e. The number of rotatable bonds is 7. The first-order valence-electron chi connectivity index (χ1n) is 7.71. The van der Waals surface area contributed by atoms with E-state index in [1.807, 2.05) is 47.0 Å². The fraction of sp³-hybridized carbons (Fsp3) is 0.222. The molecule has 0 radical (unpaired) electrons. The summed E-state index contributed by atoms with van der Waals surface area (Å²) in [6, 6.07) is 17.8. The van der Waals surface area contributed by atoms with Crippen molar-refractivity contribution in [2.75, 3.05) is 7.11 Å². The largest absolute Gasteiger partial charge is 0.497 e. The molecule has 0 aliphatic carbocycles. The first-order chi connectivity index (χ1) is 11.8. The number of hydrogen-bond donors (Lipinski definition) is 1. The molecule has 24 heavy (non-hydrogen) atoms. The summed E-state index contributed by atoms with van der Waals surface area (Å²) in [7, 11) is 1.63. The summed E-state index contributed by atoms with van der Waals surface area (Å²) < 4.78 is 13.6. The van der Waals surface area contributed by atoms with Crippen LogP contribution in [0.5, 0.6) is 11.5 Å². The standard InChI is InChI=1S/C18H19N3O2S/c1-22-15-8-5-9-16(12-15)23-13-17-19-20-18(24)21(17)11-10-14-6-3-2-4-7-14/h2-9,12H,10-11,13H2,1H3,(H,20,24). The number of hydrogen-bond acceptors (Lipinski definition) is 4. The van der Waals surface area contributed by atoms with Crippen molar-refractivity contribution in [1.29, 1.82) is 0 Å². The summed E-state index contributed by atoms with van der Waals surface area (Å²) >= 11 is 5.33.